The molecule has 0 spiro atoms. The first-order valence-electron chi connectivity index (χ1n) is 6.51. The number of β-amino-alcohol motifs (C(OH)–C–C–N with tert-alkyl or cyclic N) is 1. The van der Waals surface area contributed by atoms with E-state index in [1.54, 1.807) is 11.8 Å². The lowest BCUT2D eigenvalue weighted by Crippen LogP contribution is -2.33. The van der Waals surface area contributed by atoms with Crippen molar-refractivity contribution in [3.8, 4) is 0 Å². The number of likely N-dealkylation sites (tertiary alicyclic amines) is 1. The molecule has 104 valence electrons. The van der Waals surface area contributed by atoms with Crippen molar-refractivity contribution in [1.29, 1.82) is 0 Å². The lowest BCUT2D eigenvalue weighted by Gasteiger charge is -2.22. The quantitative estimate of drug-likeness (QED) is 0.835. The predicted molar refractivity (Wildman–Crippen MR) is 68.2 cm³/mol. The summed E-state index contributed by atoms with van der Waals surface area (Å²) in [6.45, 7) is 5.82. The smallest absolute Gasteiger partial charge is 0.250 e. The molecule has 6 heteroatoms. The molecule has 1 aromatic rings. The number of rotatable bonds is 3. The summed E-state index contributed by atoms with van der Waals surface area (Å²) in [4.78, 5) is 18.2. The highest BCUT2D eigenvalue weighted by atomic mass is 16.5. The summed E-state index contributed by atoms with van der Waals surface area (Å²) in [6.07, 6.45) is 2.37. The minimum Gasteiger partial charge on any atom is -0.391 e. The molecule has 2 heterocycles. The van der Waals surface area contributed by atoms with Crippen molar-refractivity contribution in [3.05, 3.63) is 23.4 Å². The van der Waals surface area contributed by atoms with Gasteiger partial charge in [0.15, 0.2) is 5.82 Å². The van der Waals surface area contributed by atoms with Gasteiger partial charge in [-0.05, 0) is 20.3 Å². The Labute approximate surface area is 112 Å². The fourth-order valence-corrected chi connectivity index (χ4v) is 2.38. The van der Waals surface area contributed by atoms with Crippen molar-refractivity contribution in [2.45, 2.75) is 45.8 Å². The molecule has 0 bridgehead atoms. The summed E-state index contributed by atoms with van der Waals surface area (Å²) in [5.41, 5.74) is 0.732. The third kappa shape index (κ3) is 2.68. The summed E-state index contributed by atoms with van der Waals surface area (Å²) in [6, 6.07) is -0.329. The van der Waals surface area contributed by atoms with Crippen molar-refractivity contribution in [2.75, 3.05) is 6.54 Å². The predicted octanol–water partition coefficient (Wildman–Crippen LogP) is 1.37. The zero-order valence-electron chi connectivity index (χ0n) is 11.5. The number of aryl methyl sites for hydroxylation is 1. The van der Waals surface area contributed by atoms with E-state index in [1.165, 1.54) is 0 Å². The Morgan fingerprint density at radius 2 is 2.37 bits per heavy atom. The van der Waals surface area contributed by atoms with Crippen LogP contribution in [-0.2, 0) is 4.79 Å². The van der Waals surface area contributed by atoms with Gasteiger partial charge < -0.3 is 14.5 Å². The normalized spacial score (nSPS) is 24.0. The Morgan fingerprint density at radius 1 is 1.63 bits per heavy atom. The summed E-state index contributed by atoms with van der Waals surface area (Å²) in [5.74, 6) is 0.863. The number of aliphatic hydroxyl groups is 1. The molecule has 1 N–H and O–H groups in total. The van der Waals surface area contributed by atoms with Gasteiger partial charge in [-0.1, -0.05) is 18.2 Å². The van der Waals surface area contributed by atoms with E-state index in [-0.39, 0.29) is 11.9 Å². The lowest BCUT2D eigenvalue weighted by atomic mass is 10.1. The maximum Gasteiger partial charge on any atom is 0.250 e. The summed E-state index contributed by atoms with van der Waals surface area (Å²) >= 11 is 0. The van der Waals surface area contributed by atoms with E-state index in [1.807, 2.05) is 19.9 Å². The third-order valence-electron chi connectivity index (χ3n) is 3.37. The highest BCUT2D eigenvalue weighted by molar-refractivity contribution is 5.93. The summed E-state index contributed by atoms with van der Waals surface area (Å²) in [5, 5.41) is 13.6. The Bertz CT molecular complexity index is 495. The molecule has 1 aromatic heterocycles. The third-order valence-corrected chi connectivity index (χ3v) is 3.37. The van der Waals surface area contributed by atoms with Gasteiger partial charge in [-0.25, -0.2) is 0 Å². The molecular formula is C13H19N3O3. The SMILES string of the molecule is C/C=C(\CC)C(=O)N1C[C@@H](O)C[C@@H]1c1nc(C)no1. The number of carbonyl (C=O) groups excluding carboxylic acids is 1. The van der Waals surface area contributed by atoms with Crippen LogP contribution < -0.4 is 0 Å². The molecule has 1 aliphatic rings. The lowest BCUT2D eigenvalue weighted by molar-refractivity contribution is -0.128. The van der Waals surface area contributed by atoms with Crippen LogP contribution in [0, 0.1) is 6.92 Å². The number of nitrogens with zero attached hydrogens (tertiary/aromatic N) is 3. The van der Waals surface area contributed by atoms with Crippen LogP contribution >= 0.6 is 0 Å². The first kappa shape index (κ1) is 13.7. The number of hydrogen-bond acceptors (Lipinski definition) is 5. The van der Waals surface area contributed by atoms with Crippen LogP contribution in [-0.4, -0.2) is 38.7 Å². The number of carbonyl (C=O) groups is 1. The van der Waals surface area contributed by atoms with Gasteiger partial charge in [-0.2, -0.15) is 4.98 Å². The molecule has 0 unspecified atom stereocenters. The number of aliphatic hydroxyl groups excluding tert-OH is 1. The van der Waals surface area contributed by atoms with E-state index in [9.17, 15) is 9.90 Å². The second-order valence-corrected chi connectivity index (χ2v) is 4.71. The maximum absolute atomic E-state index is 12.4. The van der Waals surface area contributed by atoms with Crippen LogP contribution in [0.1, 0.15) is 44.4 Å². The second kappa shape index (κ2) is 5.52. The molecule has 19 heavy (non-hydrogen) atoms. The fraction of sp³-hybridized carbons (Fsp3) is 0.615. The average molecular weight is 265 g/mol. The standard InChI is InChI=1S/C13H19N3O3/c1-4-9(5-2)13(18)16-7-10(17)6-11(16)12-14-8(3)15-19-12/h4,10-11,17H,5-7H2,1-3H3/b9-4+/t10-,11+/m0/s1. The van der Waals surface area contributed by atoms with E-state index in [4.69, 9.17) is 4.52 Å². The van der Waals surface area contributed by atoms with Gasteiger partial charge in [0.05, 0.1) is 6.10 Å². The van der Waals surface area contributed by atoms with Crippen LogP contribution in [0.2, 0.25) is 0 Å². The van der Waals surface area contributed by atoms with Gasteiger partial charge in [0.1, 0.15) is 6.04 Å². The Hall–Kier alpha value is -1.69. The van der Waals surface area contributed by atoms with Crippen molar-refractivity contribution in [2.24, 2.45) is 0 Å². The van der Waals surface area contributed by atoms with Crippen LogP contribution in [0.5, 0.6) is 0 Å². The Morgan fingerprint density at radius 3 is 2.89 bits per heavy atom. The number of amides is 1. The molecule has 2 atom stereocenters. The van der Waals surface area contributed by atoms with Crippen molar-refractivity contribution >= 4 is 5.91 Å². The number of aromatic nitrogens is 2. The summed E-state index contributed by atoms with van der Waals surface area (Å²) < 4.78 is 5.14. The Balaban J connectivity index is 2.25. The monoisotopic (exact) mass is 265 g/mol. The molecular weight excluding hydrogens is 246 g/mol. The molecule has 1 amide bonds. The topological polar surface area (TPSA) is 79.5 Å². The Kier molecular flexibility index (Phi) is 3.99. The van der Waals surface area contributed by atoms with Crippen molar-refractivity contribution < 1.29 is 14.4 Å². The van der Waals surface area contributed by atoms with Gasteiger partial charge in [0.25, 0.3) is 0 Å². The maximum atomic E-state index is 12.4. The van der Waals surface area contributed by atoms with Gasteiger partial charge in [0, 0.05) is 18.5 Å². The summed E-state index contributed by atoms with van der Waals surface area (Å²) in [7, 11) is 0. The molecule has 0 radical (unpaired) electrons. The fourth-order valence-electron chi connectivity index (χ4n) is 2.38. The van der Waals surface area contributed by atoms with Crippen molar-refractivity contribution in [3.63, 3.8) is 0 Å². The number of allylic oxidation sites excluding steroid dienone is 1. The largest absolute Gasteiger partial charge is 0.391 e. The van der Waals surface area contributed by atoms with E-state index in [2.05, 4.69) is 10.1 Å². The molecule has 6 nitrogen and oxygen atoms in total. The first-order chi connectivity index (χ1) is 9.06. The van der Waals surface area contributed by atoms with E-state index in [0.717, 1.165) is 5.57 Å². The molecule has 0 saturated carbocycles. The molecule has 0 aliphatic carbocycles. The van der Waals surface area contributed by atoms with Crippen LogP contribution in [0.4, 0.5) is 0 Å². The first-order valence-corrected chi connectivity index (χ1v) is 6.51. The zero-order valence-corrected chi connectivity index (χ0v) is 11.5. The molecule has 2 rings (SSSR count). The van der Waals surface area contributed by atoms with E-state index >= 15 is 0 Å². The van der Waals surface area contributed by atoms with Crippen molar-refractivity contribution in [1.82, 2.24) is 15.0 Å². The molecule has 1 saturated heterocycles. The molecule has 1 aliphatic heterocycles. The van der Waals surface area contributed by atoms with Gasteiger partial charge >= 0.3 is 0 Å². The van der Waals surface area contributed by atoms with Gasteiger partial charge in [-0.15, -0.1) is 0 Å². The van der Waals surface area contributed by atoms with E-state index < -0.39 is 6.10 Å². The highest BCUT2D eigenvalue weighted by Gasteiger charge is 2.39. The minimum atomic E-state index is -0.545. The second-order valence-electron chi connectivity index (χ2n) is 4.71. The number of hydrogen-bond donors (Lipinski definition) is 1. The van der Waals surface area contributed by atoms with Gasteiger partial charge in [0.2, 0.25) is 11.8 Å². The molecule has 1 fully saturated rings. The van der Waals surface area contributed by atoms with Crippen LogP contribution in [0.3, 0.4) is 0 Å². The van der Waals surface area contributed by atoms with E-state index in [0.29, 0.717) is 31.1 Å². The highest BCUT2D eigenvalue weighted by Crippen LogP contribution is 2.32. The molecule has 0 aromatic carbocycles. The average Bonchev–Trinajstić information content (AvgIpc) is 2.96. The van der Waals surface area contributed by atoms with Gasteiger partial charge in [-0.3, -0.25) is 4.79 Å². The minimum absolute atomic E-state index is 0.0672. The van der Waals surface area contributed by atoms with Crippen LogP contribution in [0.15, 0.2) is 16.2 Å². The zero-order chi connectivity index (χ0) is 14.0. The van der Waals surface area contributed by atoms with Crippen LogP contribution in [0.25, 0.3) is 0 Å².